The van der Waals surface area contributed by atoms with Crippen molar-refractivity contribution in [3.63, 3.8) is 0 Å². The van der Waals surface area contributed by atoms with Gasteiger partial charge in [0.25, 0.3) is 11.8 Å². The molecule has 0 saturated heterocycles. The summed E-state index contributed by atoms with van der Waals surface area (Å²) in [6.07, 6.45) is 0. The van der Waals surface area contributed by atoms with E-state index in [4.69, 9.17) is 5.73 Å². The van der Waals surface area contributed by atoms with Crippen LogP contribution in [0.1, 0.15) is 63.7 Å². The molecule has 0 unspecified atom stereocenters. The molecular formula is C32H28N2O5. The van der Waals surface area contributed by atoms with Gasteiger partial charge in [-0.2, -0.15) is 0 Å². The molecule has 7 nitrogen and oxygen atoms in total. The lowest BCUT2D eigenvalue weighted by atomic mass is 10.0. The number of hydrogen-bond donors (Lipinski definition) is 1. The van der Waals surface area contributed by atoms with Crippen LogP contribution in [0.15, 0.2) is 97.1 Å². The van der Waals surface area contributed by atoms with Crippen LogP contribution in [0.5, 0.6) is 0 Å². The van der Waals surface area contributed by atoms with E-state index in [1.807, 2.05) is 79.7 Å². The Morgan fingerprint density at radius 3 is 1.64 bits per heavy atom. The third kappa shape index (κ3) is 6.00. The summed E-state index contributed by atoms with van der Waals surface area (Å²) < 4.78 is 4.43. The summed E-state index contributed by atoms with van der Waals surface area (Å²) >= 11 is 0. The molecule has 2 N–H and O–H groups in total. The molecule has 0 aromatic heterocycles. The van der Waals surface area contributed by atoms with Gasteiger partial charge in [0, 0.05) is 6.54 Å². The molecule has 196 valence electrons. The summed E-state index contributed by atoms with van der Waals surface area (Å²) in [7, 11) is 0. The lowest BCUT2D eigenvalue weighted by Gasteiger charge is -2.13. The number of imide groups is 1. The molecule has 4 aromatic carbocycles. The Hall–Kier alpha value is -4.88. The minimum Gasteiger partial charge on any atom is -0.386 e. The van der Waals surface area contributed by atoms with E-state index in [1.165, 1.54) is 10.5 Å². The highest BCUT2D eigenvalue weighted by molar-refractivity contribution is 6.22. The number of cyclic esters (lactones) is 2. The summed E-state index contributed by atoms with van der Waals surface area (Å²) in [5.41, 5.74) is 11.0. The first-order chi connectivity index (χ1) is 18.8. The Bertz CT molecular complexity index is 1530. The van der Waals surface area contributed by atoms with E-state index in [1.54, 1.807) is 31.2 Å². The molecule has 0 saturated carbocycles. The van der Waals surface area contributed by atoms with E-state index in [2.05, 4.69) is 4.74 Å². The Morgan fingerprint density at radius 1 is 0.590 bits per heavy atom. The maximum absolute atomic E-state index is 12.3. The second kappa shape index (κ2) is 12.1. The zero-order valence-electron chi connectivity index (χ0n) is 21.7. The fraction of sp³-hybridized carbons (Fsp3) is 0.125. The van der Waals surface area contributed by atoms with Crippen LogP contribution in [0.25, 0.3) is 0 Å². The summed E-state index contributed by atoms with van der Waals surface area (Å²) in [4.78, 5) is 48.0. The molecule has 0 radical (unpaired) electrons. The summed E-state index contributed by atoms with van der Waals surface area (Å²) in [5, 5.41) is 0. The van der Waals surface area contributed by atoms with Gasteiger partial charge in [0.05, 0.1) is 28.8 Å². The maximum Gasteiger partial charge on any atom is 0.347 e. The number of carbonyl (C=O) groups is 4. The minimum absolute atomic E-state index is 0.193. The molecule has 0 atom stereocenters. The van der Waals surface area contributed by atoms with Crippen molar-refractivity contribution in [3.05, 3.63) is 142 Å². The van der Waals surface area contributed by atoms with Crippen LogP contribution in [0, 0.1) is 13.8 Å². The van der Waals surface area contributed by atoms with Crippen LogP contribution in [0.3, 0.4) is 0 Å². The molecule has 2 heterocycles. The highest BCUT2D eigenvalue weighted by Crippen LogP contribution is 2.27. The number of esters is 2. The molecule has 0 fully saturated rings. The van der Waals surface area contributed by atoms with Gasteiger partial charge >= 0.3 is 11.9 Å². The molecule has 6 rings (SSSR count). The number of carbonyl (C=O) groups excluding carboxylic acids is 4. The van der Waals surface area contributed by atoms with Crippen molar-refractivity contribution < 1.29 is 23.9 Å². The van der Waals surface area contributed by atoms with Crippen molar-refractivity contribution in [2.75, 3.05) is 0 Å². The van der Waals surface area contributed by atoms with Crippen LogP contribution in [0.2, 0.25) is 0 Å². The lowest BCUT2D eigenvalue weighted by Crippen LogP contribution is -2.29. The Kier molecular flexibility index (Phi) is 8.43. The van der Waals surface area contributed by atoms with Gasteiger partial charge in [0.15, 0.2) is 0 Å². The second-order valence-corrected chi connectivity index (χ2v) is 9.04. The number of benzene rings is 4. The van der Waals surface area contributed by atoms with Crippen molar-refractivity contribution in [2.45, 2.75) is 26.9 Å². The number of nitrogens with two attached hydrogens (primary N) is 1. The first-order valence-corrected chi connectivity index (χ1v) is 12.4. The van der Waals surface area contributed by atoms with Crippen molar-refractivity contribution >= 4 is 23.8 Å². The third-order valence-corrected chi connectivity index (χ3v) is 6.35. The molecule has 4 aromatic rings. The molecule has 0 spiro atoms. The zero-order valence-corrected chi connectivity index (χ0v) is 21.7. The molecule has 7 heteroatoms. The van der Waals surface area contributed by atoms with Crippen LogP contribution in [-0.2, 0) is 17.8 Å². The van der Waals surface area contributed by atoms with Crippen molar-refractivity contribution in [3.8, 4) is 0 Å². The van der Waals surface area contributed by atoms with Crippen molar-refractivity contribution in [2.24, 2.45) is 5.73 Å². The topological polar surface area (TPSA) is 107 Å². The van der Waals surface area contributed by atoms with E-state index >= 15 is 0 Å². The standard InChI is InChI=1S/C16H13NO2.C9H6O3.C7H9N/c1-11-6-5-9-13-14(11)16(19)17(15(13)18)10-12-7-3-2-4-8-12;1-5-3-2-4-6-7(5)9(11)12-8(6)10;8-6-7-4-2-1-3-5-7/h2-9H,10H2,1H3;2-4H,1H3;1-5H,6,8H2. The van der Waals surface area contributed by atoms with Gasteiger partial charge in [-0.05, 0) is 48.2 Å². The summed E-state index contributed by atoms with van der Waals surface area (Å²) in [5.74, 6) is -1.47. The van der Waals surface area contributed by atoms with Crippen molar-refractivity contribution in [1.82, 2.24) is 4.90 Å². The number of amides is 2. The Morgan fingerprint density at radius 2 is 1.13 bits per heavy atom. The fourth-order valence-electron chi connectivity index (χ4n) is 4.33. The zero-order chi connectivity index (χ0) is 27.9. The third-order valence-electron chi connectivity index (χ3n) is 6.35. The molecule has 0 aliphatic carbocycles. The monoisotopic (exact) mass is 520 g/mol. The largest absolute Gasteiger partial charge is 0.386 e. The van der Waals surface area contributed by atoms with Gasteiger partial charge in [-0.3, -0.25) is 14.5 Å². The smallest absolute Gasteiger partial charge is 0.347 e. The van der Waals surface area contributed by atoms with Gasteiger partial charge in [0.2, 0.25) is 0 Å². The number of nitrogens with zero attached hydrogens (tertiary/aromatic N) is 1. The van der Waals surface area contributed by atoms with E-state index < -0.39 is 11.9 Å². The predicted octanol–water partition coefficient (Wildman–Crippen LogP) is 5.24. The van der Waals surface area contributed by atoms with Crippen molar-refractivity contribution in [1.29, 1.82) is 0 Å². The molecule has 2 aliphatic rings. The predicted molar refractivity (Wildman–Crippen MR) is 147 cm³/mol. The molecule has 0 bridgehead atoms. The second-order valence-electron chi connectivity index (χ2n) is 9.04. The van der Waals surface area contributed by atoms with Gasteiger partial charge < -0.3 is 10.5 Å². The van der Waals surface area contributed by atoms with E-state index in [0.29, 0.717) is 35.3 Å². The minimum atomic E-state index is -0.543. The average Bonchev–Trinajstić information content (AvgIpc) is 3.39. The number of aryl methyl sites for hydroxylation is 2. The average molecular weight is 521 g/mol. The quantitative estimate of drug-likeness (QED) is 0.225. The molecule has 2 aliphatic heterocycles. The van der Waals surface area contributed by atoms with Gasteiger partial charge in [-0.25, -0.2) is 9.59 Å². The number of fused-ring (bicyclic) bond motifs is 2. The van der Waals surface area contributed by atoms with Gasteiger partial charge in [-0.1, -0.05) is 84.9 Å². The highest BCUT2D eigenvalue weighted by Gasteiger charge is 2.36. The number of rotatable bonds is 3. The molecule has 39 heavy (non-hydrogen) atoms. The number of hydrogen-bond acceptors (Lipinski definition) is 6. The first kappa shape index (κ1) is 27.2. The van der Waals surface area contributed by atoms with Crippen LogP contribution in [0.4, 0.5) is 0 Å². The van der Waals surface area contributed by atoms with Crippen LogP contribution >= 0.6 is 0 Å². The maximum atomic E-state index is 12.3. The summed E-state index contributed by atoms with van der Waals surface area (Å²) in [6.45, 7) is 4.60. The lowest BCUT2D eigenvalue weighted by molar-refractivity contribution is 0.0442. The van der Waals surface area contributed by atoms with Gasteiger partial charge in [0.1, 0.15) is 0 Å². The molecular weight excluding hydrogens is 492 g/mol. The Labute approximate surface area is 226 Å². The van der Waals surface area contributed by atoms with E-state index in [-0.39, 0.29) is 11.8 Å². The summed E-state index contributed by atoms with van der Waals surface area (Å²) in [6, 6.07) is 30.0. The number of ether oxygens (including phenoxy) is 1. The van der Waals surface area contributed by atoms with E-state index in [0.717, 1.165) is 16.7 Å². The fourth-order valence-corrected chi connectivity index (χ4v) is 4.33. The SMILES string of the molecule is Cc1cccc2c1C(=O)N(Cc1ccccc1)C2=O.Cc1cccc2c1C(=O)OC2=O.NCc1ccccc1. The Balaban J connectivity index is 0.000000150. The highest BCUT2D eigenvalue weighted by atomic mass is 16.6. The molecule has 2 amide bonds. The van der Waals surface area contributed by atoms with Crippen LogP contribution in [-0.4, -0.2) is 28.7 Å². The normalized spacial score (nSPS) is 13.1. The van der Waals surface area contributed by atoms with E-state index in [9.17, 15) is 19.2 Å². The first-order valence-electron chi connectivity index (χ1n) is 12.4. The van der Waals surface area contributed by atoms with Crippen LogP contribution < -0.4 is 5.73 Å². The van der Waals surface area contributed by atoms with Gasteiger partial charge in [-0.15, -0.1) is 0 Å².